The second-order valence-corrected chi connectivity index (χ2v) is 5.40. The molecule has 1 aliphatic rings. The minimum atomic E-state index is 0. The molecule has 0 saturated heterocycles. The predicted molar refractivity (Wildman–Crippen MR) is 106 cm³/mol. The van der Waals surface area contributed by atoms with Crippen LogP contribution in [0, 0.1) is 0 Å². The Kier molecular flexibility index (Phi) is 4.44. The molecule has 0 spiro atoms. The van der Waals surface area contributed by atoms with Crippen molar-refractivity contribution in [2.45, 2.75) is 6.42 Å². The van der Waals surface area contributed by atoms with Crippen LogP contribution in [0.4, 0.5) is 0 Å². The van der Waals surface area contributed by atoms with Crippen LogP contribution in [0.2, 0.25) is 0 Å². The molecule has 0 bridgehead atoms. The van der Waals surface area contributed by atoms with Gasteiger partial charge in [0, 0.05) is 0 Å². The predicted octanol–water partition coefficient (Wildman–Crippen LogP) is 6.00. The molecule has 0 unspecified atom stereocenters. The number of hydrogen-bond donors (Lipinski definition) is 0. The molecule has 0 amide bonds. The maximum atomic E-state index is 2.24. The third-order valence-electron chi connectivity index (χ3n) is 4.12. The molecule has 3 aromatic rings. The fraction of sp³-hybridized carbons (Fsp3) is 0.0476. The smallest absolute Gasteiger partial charge is 0.00882 e. The Labute approximate surface area is 148 Å². The Morgan fingerprint density at radius 2 is 1.41 bits per heavy atom. The van der Waals surface area contributed by atoms with Gasteiger partial charge in [0.15, 0.2) is 0 Å². The topological polar surface area (TPSA) is 0 Å². The summed E-state index contributed by atoms with van der Waals surface area (Å²) < 4.78 is 0. The van der Waals surface area contributed by atoms with Gasteiger partial charge in [-0.05, 0) is 39.5 Å². The van der Waals surface area contributed by atoms with Crippen LogP contribution in [-0.4, -0.2) is 0 Å². The standard InChI is InChI=1S/C21H16.HI/c1-4-12-18-16(8-1)9-3-6-14-20(18)21-15-7-11-17-10-2-5-13-19(17)21;/h1-8,10-15H,9H2;1H. The molecule has 3 aromatic carbocycles. The van der Waals surface area contributed by atoms with E-state index in [1.54, 1.807) is 0 Å². The molecule has 108 valence electrons. The highest BCUT2D eigenvalue weighted by Gasteiger charge is 2.12. The van der Waals surface area contributed by atoms with Crippen molar-refractivity contribution in [2.24, 2.45) is 0 Å². The average molecular weight is 396 g/mol. The van der Waals surface area contributed by atoms with E-state index in [0.717, 1.165) is 6.42 Å². The van der Waals surface area contributed by atoms with Crippen LogP contribution in [0.3, 0.4) is 0 Å². The molecule has 0 N–H and O–H groups in total. The summed E-state index contributed by atoms with van der Waals surface area (Å²) in [6.45, 7) is 0. The van der Waals surface area contributed by atoms with E-state index in [1.807, 2.05) is 0 Å². The molecule has 0 aliphatic heterocycles. The molecule has 0 heterocycles. The number of benzene rings is 3. The van der Waals surface area contributed by atoms with Crippen LogP contribution in [0.5, 0.6) is 0 Å². The highest BCUT2D eigenvalue weighted by molar-refractivity contribution is 14.0. The van der Waals surface area contributed by atoms with Crippen LogP contribution < -0.4 is 0 Å². The summed E-state index contributed by atoms with van der Waals surface area (Å²) in [5.74, 6) is 0. The zero-order valence-electron chi connectivity index (χ0n) is 12.2. The van der Waals surface area contributed by atoms with Gasteiger partial charge < -0.3 is 0 Å². The zero-order valence-corrected chi connectivity index (χ0v) is 14.5. The molecule has 0 nitrogen and oxygen atoms in total. The van der Waals surface area contributed by atoms with Crippen LogP contribution in [0.15, 0.2) is 85.0 Å². The van der Waals surface area contributed by atoms with Gasteiger partial charge in [0.2, 0.25) is 0 Å². The maximum absolute atomic E-state index is 2.24. The van der Waals surface area contributed by atoms with Crippen molar-refractivity contribution in [3.63, 3.8) is 0 Å². The van der Waals surface area contributed by atoms with E-state index in [0.29, 0.717) is 0 Å². The molecule has 0 aromatic heterocycles. The van der Waals surface area contributed by atoms with Gasteiger partial charge in [0.1, 0.15) is 0 Å². The Morgan fingerprint density at radius 3 is 2.36 bits per heavy atom. The van der Waals surface area contributed by atoms with E-state index in [9.17, 15) is 0 Å². The van der Waals surface area contributed by atoms with Gasteiger partial charge in [-0.25, -0.2) is 0 Å². The van der Waals surface area contributed by atoms with E-state index >= 15 is 0 Å². The maximum Gasteiger partial charge on any atom is -0.00882 e. The van der Waals surface area contributed by atoms with Gasteiger partial charge in [0.25, 0.3) is 0 Å². The van der Waals surface area contributed by atoms with Crippen molar-refractivity contribution in [1.29, 1.82) is 0 Å². The fourth-order valence-corrected chi connectivity index (χ4v) is 3.11. The molecule has 22 heavy (non-hydrogen) atoms. The second kappa shape index (κ2) is 6.49. The van der Waals surface area contributed by atoms with E-state index in [4.69, 9.17) is 0 Å². The lowest BCUT2D eigenvalue weighted by Gasteiger charge is -2.13. The Morgan fingerprint density at radius 1 is 0.682 bits per heavy atom. The average Bonchev–Trinajstić information content (AvgIpc) is 2.77. The van der Waals surface area contributed by atoms with Crippen molar-refractivity contribution < 1.29 is 0 Å². The zero-order chi connectivity index (χ0) is 14.1. The van der Waals surface area contributed by atoms with Gasteiger partial charge >= 0.3 is 0 Å². The van der Waals surface area contributed by atoms with Crippen molar-refractivity contribution in [1.82, 2.24) is 0 Å². The van der Waals surface area contributed by atoms with Crippen molar-refractivity contribution in [3.8, 4) is 0 Å². The minimum absolute atomic E-state index is 0. The summed E-state index contributed by atoms with van der Waals surface area (Å²) in [6, 6.07) is 23.9. The lowest BCUT2D eigenvalue weighted by atomic mass is 9.90. The van der Waals surface area contributed by atoms with Crippen LogP contribution in [-0.2, 0) is 6.42 Å². The normalized spacial score (nSPS) is 13.0. The van der Waals surface area contributed by atoms with Gasteiger partial charge in [-0.1, -0.05) is 85.0 Å². The summed E-state index contributed by atoms with van der Waals surface area (Å²) in [4.78, 5) is 0. The van der Waals surface area contributed by atoms with Crippen molar-refractivity contribution in [3.05, 3.63) is 102 Å². The molecule has 0 saturated carbocycles. The molecule has 1 heteroatoms. The number of fused-ring (bicyclic) bond motifs is 2. The van der Waals surface area contributed by atoms with Gasteiger partial charge in [0.05, 0.1) is 0 Å². The lowest BCUT2D eigenvalue weighted by molar-refractivity contribution is 1.26. The summed E-state index contributed by atoms with van der Waals surface area (Å²) in [7, 11) is 0. The SMILES string of the molecule is C1=CCc2ccccc2C(c2cccc3ccccc23)=C1.I. The number of allylic oxidation sites excluding steroid dienone is 3. The highest BCUT2D eigenvalue weighted by Crippen LogP contribution is 2.33. The third kappa shape index (κ3) is 2.61. The molecular formula is C21H17I. The first kappa shape index (κ1) is 15.0. The third-order valence-corrected chi connectivity index (χ3v) is 4.12. The van der Waals surface area contributed by atoms with Crippen LogP contribution >= 0.6 is 24.0 Å². The molecule has 4 rings (SSSR count). The minimum Gasteiger partial charge on any atom is -0.107 e. The first-order valence-corrected chi connectivity index (χ1v) is 7.37. The van der Waals surface area contributed by atoms with Crippen LogP contribution in [0.1, 0.15) is 16.7 Å². The van der Waals surface area contributed by atoms with E-state index < -0.39 is 0 Å². The van der Waals surface area contributed by atoms with E-state index in [-0.39, 0.29) is 24.0 Å². The summed E-state index contributed by atoms with van der Waals surface area (Å²) in [6.07, 6.45) is 7.66. The monoisotopic (exact) mass is 396 g/mol. The van der Waals surface area contributed by atoms with Crippen molar-refractivity contribution in [2.75, 3.05) is 0 Å². The molecule has 1 aliphatic carbocycles. The van der Waals surface area contributed by atoms with Gasteiger partial charge in [-0.3, -0.25) is 0 Å². The van der Waals surface area contributed by atoms with Gasteiger partial charge in [-0.2, -0.15) is 0 Å². The van der Waals surface area contributed by atoms with Gasteiger partial charge in [-0.15, -0.1) is 24.0 Å². The number of rotatable bonds is 1. The number of hydrogen-bond acceptors (Lipinski definition) is 0. The molecule has 0 radical (unpaired) electrons. The second-order valence-electron chi connectivity index (χ2n) is 5.40. The molecular weight excluding hydrogens is 379 g/mol. The Balaban J connectivity index is 0.00000144. The summed E-state index contributed by atoms with van der Waals surface area (Å²) in [5.41, 5.74) is 5.37. The lowest BCUT2D eigenvalue weighted by Crippen LogP contribution is -1.93. The highest BCUT2D eigenvalue weighted by atomic mass is 127. The fourth-order valence-electron chi connectivity index (χ4n) is 3.11. The first-order chi connectivity index (χ1) is 10.4. The first-order valence-electron chi connectivity index (χ1n) is 7.37. The Hall–Kier alpha value is -1.87. The Bertz CT molecular complexity index is 866. The largest absolute Gasteiger partial charge is 0.107 e. The van der Waals surface area contributed by atoms with E-state index in [2.05, 4.69) is 85.0 Å². The summed E-state index contributed by atoms with van der Waals surface area (Å²) in [5, 5.41) is 2.61. The molecule has 0 atom stereocenters. The van der Waals surface area contributed by atoms with Crippen molar-refractivity contribution >= 4 is 40.3 Å². The van der Waals surface area contributed by atoms with Crippen LogP contribution in [0.25, 0.3) is 16.3 Å². The summed E-state index contributed by atoms with van der Waals surface area (Å²) >= 11 is 0. The molecule has 0 fully saturated rings. The quantitative estimate of drug-likeness (QED) is 0.443. The van der Waals surface area contributed by atoms with E-state index in [1.165, 1.54) is 33.0 Å². The number of halogens is 1.